The van der Waals surface area contributed by atoms with Gasteiger partial charge in [-0.15, -0.1) is 0 Å². The van der Waals surface area contributed by atoms with Crippen molar-refractivity contribution in [2.24, 2.45) is 0 Å². The van der Waals surface area contributed by atoms with Gasteiger partial charge < -0.3 is 14.2 Å². The molecule has 0 spiro atoms. The molecule has 0 aromatic heterocycles. The van der Waals surface area contributed by atoms with E-state index in [1.54, 1.807) is 6.26 Å². The van der Waals surface area contributed by atoms with Gasteiger partial charge in [-0.05, 0) is 31.2 Å². The summed E-state index contributed by atoms with van der Waals surface area (Å²) in [5.41, 5.74) is 0. The molecular weight excluding hydrogens is 272 g/mol. The molecule has 1 atom stereocenters. The molecule has 0 radical (unpaired) electrons. The highest BCUT2D eigenvalue weighted by Gasteiger charge is 2.15. The van der Waals surface area contributed by atoms with E-state index in [1.807, 2.05) is 31.2 Å². The van der Waals surface area contributed by atoms with Crippen molar-refractivity contribution in [3.8, 4) is 5.75 Å². The van der Waals surface area contributed by atoms with Gasteiger partial charge in [-0.1, -0.05) is 15.9 Å². The first-order valence-corrected chi connectivity index (χ1v) is 5.87. The van der Waals surface area contributed by atoms with Crippen LogP contribution in [0, 0.1) is 0 Å². The summed E-state index contributed by atoms with van der Waals surface area (Å²) in [6.45, 7) is 2.90. The summed E-state index contributed by atoms with van der Waals surface area (Å²) in [5.74, 6) is 1.62. The van der Waals surface area contributed by atoms with E-state index >= 15 is 0 Å². The molecule has 0 amide bonds. The van der Waals surface area contributed by atoms with Crippen LogP contribution in [-0.4, -0.2) is 19.3 Å². The van der Waals surface area contributed by atoms with Crippen molar-refractivity contribution in [3.63, 3.8) is 0 Å². The Morgan fingerprint density at radius 1 is 1.38 bits per heavy atom. The van der Waals surface area contributed by atoms with E-state index in [9.17, 15) is 0 Å². The second kappa shape index (κ2) is 5.25. The third-order valence-corrected chi connectivity index (χ3v) is 2.66. The van der Waals surface area contributed by atoms with Gasteiger partial charge in [0, 0.05) is 4.47 Å². The molecule has 1 unspecified atom stereocenters. The predicted octanol–water partition coefficient (Wildman–Crippen LogP) is 3.10. The van der Waals surface area contributed by atoms with Crippen LogP contribution in [0.4, 0.5) is 0 Å². The van der Waals surface area contributed by atoms with Crippen molar-refractivity contribution in [2.45, 2.75) is 13.0 Å². The molecule has 16 heavy (non-hydrogen) atoms. The topological polar surface area (TPSA) is 27.7 Å². The molecule has 0 saturated carbocycles. The Balaban J connectivity index is 1.83. The number of halogens is 1. The van der Waals surface area contributed by atoms with Gasteiger partial charge in [0.2, 0.25) is 0 Å². The molecule has 1 aliphatic rings. The fraction of sp³-hybridized carbons (Fsp3) is 0.333. The quantitative estimate of drug-likeness (QED) is 0.854. The largest absolute Gasteiger partial charge is 0.494 e. The van der Waals surface area contributed by atoms with Crippen LogP contribution in [-0.2, 0) is 9.47 Å². The Morgan fingerprint density at radius 3 is 2.81 bits per heavy atom. The maximum Gasteiger partial charge on any atom is 0.166 e. The van der Waals surface area contributed by atoms with Gasteiger partial charge in [-0.3, -0.25) is 0 Å². The summed E-state index contributed by atoms with van der Waals surface area (Å²) < 4.78 is 17.4. The summed E-state index contributed by atoms with van der Waals surface area (Å²) >= 11 is 3.37. The van der Waals surface area contributed by atoms with Crippen molar-refractivity contribution in [2.75, 3.05) is 13.2 Å². The summed E-state index contributed by atoms with van der Waals surface area (Å²) in [6.07, 6.45) is 1.59. The highest BCUT2D eigenvalue weighted by Crippen LogP contribution is 2.17. The average Bonchev–Trinajstić information content (AvgIpc) is 2.28. The van der Waals surface area contributed by atoms with Gasteiger partial charge in [0.1, 0.15) is 31.0 Å². The van der Waals surface area contributed by atoms with E-state index in [-0.39, 0.29) is 6.10 Å². The molecule has 1 heterocycles. The number of ether oxygens (including phenoxy) is 3. The Morgan fingerprint density at radius 2 is 2.12 bits per heavy atom. The average molecular weight is 285 g/mol. The van der Waals surface area contributed by atoms with Crippen LogP contribution in [0.15, 0.2) is 40.8 Å². The van der Waals surface area contributed by atoms with Gasteiger partial charge >= 0.3 is 0 Å². The van der Waals surface area contributed by atoms with Crippen LogP contribution < -0.4 is 4.74 Å². The second-order valence-corrected chi connectivity index (χ2v) is 4.48. The molecule has 0 bridgehead atoms. The molecular formula is C12H13BrO3. The minimum atomic E-state index is -0.0337. The Hall–Kier alpha value is -1.16. The third kappa shape index (κ3) is 3.17. The summed E-state index contributed by atoms with van der Waals surface area (Å²) in [4.78, 5) is 0. The smallest absolute Gasteiger partial charge is 0.166 e. The SMILES string of the molecule is CC1=COCC(COc2ccc(Br)cc2)O1. The van der Waals surface area contributed by atoms with Crippen LogP contribution in [0.1, 0.15) is 6.92 Å². The first-order chi connectivity index (χ1) is 7.74. The molecule has 1 aromatic rings. The molecule has 3 nitrogen and oxygen atoms in total. The Labute approximate surface area is 103 Å². The number of benzene rings is 1. The molecule has 0 aliphatic carbocycles. The van der Waals surface area contributed by atoms with Crippen LogP contribution >= 0.6 is 15.9 Å². The Kier molecular flexibility index (Phi) is 3.72. The summed E-state index contributed by atoms with van der Waals surface area (Å²) in [5, 5.41) is 0. The lowest BCUT2D eigenvalue weighted by atomic mass is 10.3. The molecule has 1 aliphatic heterocycles. The molecule has 0 fully saturated rings. The zero-order valence-corrected chi connectivity index (χ0v) is 10.6. The van der Waals surface area contributed by atoms with E-state index in [0.717, 1.165) is 16.0 Å². The molecule has 0 saturated heterocycles. The predicted molar refractivity (Wildman–Crippen MR) is 64.2 cm³/mol. The van der Waals surface area contributed by atoms with Crippen molar-refractivity contribution in [3.05, 3.63) is 40.8 Å². The minimum absolute atomic E-state index is 0.0337. The van der Waals surface area contributed by atoms with Gasteiger partial charge in [0.15, 0.2) is 6.10 Å². The van der Waals surface area contributed by atoms with E-state index in [1.165, 1.54) is 0 Å². The fourth-order valence-corrected chi connectivity index (χ4v) is 1.66. The van der Waals surface area contributed by atoms with Crippen LogP contribution in [0.3, 0.4) is 0 Å². The maximum absolute atomic E-state index is 5.60. The van der Waals surface area contributed by atoms with Crippen molar-refractivity contribution in [1.29, 1.82) is 0 Å². The fourth-order valence-electron chi connectivity index (χ4n) is 1.40. The first kappa shape index (κ1) is 11.3. The summed E-state index contributed by atoms with van der Waals surface area (Å²) in [7, 11) is 0. The van der Waals surface area contributed by atoms with Crippen LogP contribution in [0.25, 0.3) is 0 Å². The number of rotatable bonds is 3. The van der Waals surface area contributed by atoms with Crippen molar-refractivity contribution >= 4 is 15.9 Å². The normalized spacial score (nSPS) is 19.4. The van der Waals surface area contributed by atoms with E-state index in [4.69, 9.17) is 14.2 Å². The van der Waals surface area contributed by atoms with Crippen LogP contribution in [0.2, 0.25) is 0 Å². The highest BCUT2D eigenvalue weighted by molar-refractivity contribution is 9.10. The monoisotopic (exact) mass is 284 g/mol. The van der Waals surface area contributed by atoms with E-state index in [2.05, 4.69) is 15.9 Å². The first-order valence-electron chi connectivity index (χ1n) is 5.07. The minimum Gasteiger partial charge on any atom is -0.494 e. The lowest BCUT2D eigenvalue weighted by Crippen LogP contribution is -2.28. The zero-order valence-electron chi connectivity index (χ0n) is 8.98. The van der Waals surface area contributed by atoms with Crippen molar-refractivity contribution in [1.82, 2.24) is 0 Å². The lowest BCUT2D eigenvalue weighted by molar-refractivity contribution is -0.0115. The molecule has 2 rings (SSSR count). The van der Waals surface area contributed by atoms with E-state index in [0.29, 0.717) is 13.2 Å². The van der Waals surface area contributed by atoms with Gasteiger partial charge in [-0.25, -0.2) is 0 Å². The standard InChI is InChI=1S/C12H13BrO3/c1-9-6-14-7-12(16-9)8-15-11-4-2-10(13)3-5-11/h2-6,12H,7-8H2,1H3. The number of hydrogen-bond acceptors (Lipinski definition) is 3. The number of allylic oxidation sites excluding steroid dienone is 1. The lowest BCUT2D eigenvalue weighted by Gasteiger charge is -2.23. The van der Waals surface area contributed by atoms with Crippen LogP contribution in [0.5, 0.6) is 5.75 Å². The van der Waals surface area contributed by atoms with Gasteiger partial charge in [0.25, 0.3) is 0 Å². The number of hydrogen-bond donors (Lipinski definition) is 0. The van der Waals surface area contributed by atoms with Crippen molar-refractivity contribution < 1.29 is 14.2 Å². The third-order valence-electron chi connectivity index (χ3n) is 2.13. The zero-order chi connectivity index (χ0) is 11.4. The summed E-state index contributed by atoms with van der Waals surface area (Å²) in [6, 6.07) is 7.71. The molecule has 86 valence electrons. The van der Waals surface area contributed by atoms with E-state index < -0.39 is 0 Å². The molecule has 0 N–H and O–H groups in total. The molecule has 1 aromatic carbocycles. The highest BCUT2D eigenvalue weighted by atomic mass is 79.9. The van der Waals surface area contributed by atoms with Gasteiger partial charge in [-0.2, -0.15) is 0 Å². The Bertz CT molecular complexity index is 372. The molecule has 4 heteroatoms. The second-order valence-electron chi connectivity index (χ2n) is 3.57. The van der Waals surface area contributed by atoms with Gasteiger partial charge in [0.05, 0.1) is 0 Å². The maximum atomic E-state index is 5.60.